The zero-order valence-corrected chi connectivity index (χ0v) is 9.81. The maximum atomic E-state index is 11.8. The van der Waals surface area contributed by atoms with Crippen molar-refractivity contribution < 1.29 is 13.2 Å². The fourth-order valence-electron chi connectivity index (χ4n) is 0.984. The highest BCUT2D eigenvalue weighted by Gasteiger charge is 2.27. The Bertz CT molecular complexity index is 368. The number of nitrogens with zero attached hydrogens (tertiary/aromatic N) is 1. The molecule has 2 nitrogen and oxygen atoms in total. The summed E-state index contributed by atoms with van der Waals surface area (Å²) in [5, 5.41) is 11.5. The molecule has 88 valence electrons. The fraction of sp³-hybridized carbons (Fsp3) is 0.444. The third kappa shape index (κ3) is 5.39. The summed E-state index contributed by atoms with van der Waals surface area (Å²) in [4.78, 5) is 1.56. The van der Waals surface area contributed by atoms with Crippen LogP contribution in [0.4, 0.5) is 13.2 Å². The van der Waals surface area contributed by atoms with E-state index in [2.05, 4.69) is 5.32 Å². The average molecular weight is 266 g/mol. The molecule has 0 radical (unpaired) electrons. The molecule has 0 amide bonds. The van der Waals surface area contributed by atoms with Gasteiger partial charge in [-0.15, -0.1) is 11.3 Å². The molecule has 1 aromatic rings. The molecule has 1 aromatic heterocycles. The van der Waals surface area contributed by atoms with Gasteiger partial charge in [0, 0.05) is 23.7 Å². The molecule has 0 unspecified atom stereocenters. The van der Waals surface area contributed by atoms with E-state index in [1.54, 1.807) is 12.1 Å². The van der Waals surface area contributed by atoms with Crippen molar-refractivity contribution in [3.8, 4) is 6.07 Å². The Morgan fingerprint density at radius 3 is 2.75 bits per heavy atom. The first-order valence-corrected chi connectivity index (χ1v) is 6.22. The summed E-state index contributed by atoms with van der Waals surface area (Å²) in [6, 6.07) is 5.51. The largest absolute Gasteiger partial charge is 0.441 e. The van der Waals surface area contributed by atoms with Crippen LogP contribution in [0.5, 0.6) is 0 Å². The van der Waals surface area contributed by atoms with Crippen molar-refractivity contribution >= 4 is 23.1 Å². The Balaban J connectivity index is 2.14. The minimum atomic E-state index is -4.15. The minimum Gasteiger partial charge on any atom is -0.311 e. The molecule has 0 bridgehead atoms. The van der Waals surface area contributed by atoms with Gasteiger partial charge in [0.2, 0.25) is 0 Å². The van der Waals surface area contributed by atoms with Crippen molar-refractivity contribution in [3.05, 3.63) is 21.9 Å². The first-order valence-electron chi connectivity index (χ1n) is 4.41. The lowest BCUT2D eigenvalue weighted by Crippen LogP contribution is -2.17. The van der Waals surface area contributed by atoms with Crippen LogP contribution in [0.3, 0.4) is 0 Å². The average Bonchev–Trinajstić information content (AvgIpc) is 2.63. The summed E-state index contributed by atoms with van der Waals surface area (Å²) in [5.74, 6) is -0.0000175. The molecule has 7 heteroatoms. The van der Waals surface area contributed by atoms with E-state index in [-0.39, 0.29) is 17.5 Å². The molecule has 0 saturated heterocycles. The van der Waals surface area contributed by atoms with Crippen LogP contribution in [-0.2, 0) is 6.54 Å². The lowest BCUT2D eigenvalue weighted by Gasteiger charge is -2.05. The molecule has 0 aliphatic rings. The third-order valence-electron chi connectivity index (χ3n) is 1.62. The number of alkyl halides is 3. The lowest BCUT2D eigenvalue weighted by molar-refractivity contribution is -0.0327. The van der Waals surface area contributed by atoms with Gasteiger partial charge in [0.05, 0.1) is 0 Å². The highest BCUT2D eigenvalue weighted by atomic mass is 32.2. The van der Waals surface area contributed by atoms with E-state index < -0.39 is 5.51 Å². The summed E-state index contributed by atoms with van der Waals surface area (Å²) in [6.45, 7) is 0.800. The maximum Gasteiger partial charge on any atom is 0.441 e. The van der Waals surface area contributed by atoms with Gasteiger partial charge in [-0.25, -0.2) is 0 Å². The standard InChI is InChI=1S/C9H9F3N2S2/c10-9(11,12)15-4-3-14-6-8-2-1-7(5-13)16-8/h1-2,14H,3-4,6H2. The van der Waals surface area contributed by atoms with Gasteiger partial charge < -0.3 is 5.32 Å². The number of hydrogen-bond acceptors (Lipinski definition) is 4. The quantitative estimate of drug-likeness (QED) is 0.832. The van der Waals surface area contributed by atoms with Crippen molar-refractivity contribution in [3.63, 3.8) is 0 Å². The van der Waals surface area contributed by atoms with Gasteiger partial charge >= 0.3 is 5.51 Å². The minimum absolute atomic E-state index is 0.0000175. The third-order valence-corrected chi connectivity index (χ3v) is 3.34. The Morgan fingerprint density at radius 2 is 2.19 bits per heavy atom. The van der Waals surface area contributed by atoms with Gasteiger partial charge in [0.25, 0.3) is 0 Å². The maximum absolute atomic E-state index is 11.8. The van der Waals surface area contributed by atoms with Gasteiger partial charge in [-0.1, -0.05) is 0 Å². The molecule has 0 spiro atoms. The molecule has 0 fully saturated rings. The molecule has 1 rings (SSSR count). The summed E-state index contributed by atoms with van der Waals surface area (Å²) in [6.07, 6.45) is 0. The zero-order valence-electron chi connectivity index (χ0n) is 8.17. The van der Waals surface area contributed by atoms with Crippen LogP contribution in [0.1, 0.15) is 9.75 Å². The number of halogens is 3. The molecule has 1 heterocycles. The molecule has 0 saturated carbocycles. The fourth-order valence-corrected chi connectivity index (χ4v) is 2.24. The van der Waals surface area contributed by atoms with E-state index >= 15 is 0 Å². The van der Waals surface area contributed by atoms with Crippen molar-refractivity contribution in [2.75, 3.05) is 12.3 Å². The first-order chi connectivity index (χ1) is 7.51. The van der Waals surface area contributed by atoms with Gasteiger partial charge in [0.1, 0.15) is 10.9 Å². The van der Waals surface area contributed by atoms with Crippen molar-refractivity contribution in [2.24, 2.45) is 0 Å². The summed E-state index contributed by atoms with van der Waals surface area (Å²) < 4.78 is 35.3. The number of rotatable bonds is 5. The van der Waals surface area contributed by atoms with E-state index in [0.29, 0.717) is 18.0 Å². The van der Waals surface area contributed by atoms with Gasteiger partial charge in [-0.3, -0.25) is 0 Å². The highest BCUT2D eigenvalue weighted by molar-refractivity contribution is 8.00. The first kappa shape index (κ1) is 13.4. The monoisotopic (exact) mass is 266 g/mol. The molecular weight excluding hydrogens is 257 g/mol. The van der Waals surface area contributed by atoms with Gasteiger partial charge in [-0.2, -0.15) is 18.4 Å². The Labute approximate surface area is 99.5 Å². The van der Waals surface area contributed by atoms with Crippen LogP contribution in [0.15, 0.2) is 12.1 Å². The molecule has 0 aliphatic carbocycles. The predicted octanol–water partition coefficient (Wildman–Crippen LogP) is 2.96. The topological polar surface area (TPSA) is 35.8 Å². The Morgan fingerprint density at radius 1 is 1.44 bits per heavy atom. The van der Waals surface area contributed by atoms with Crippen molar-refractivity contribution in [1.29, 1.82) is 5.26 Å². The zero-order chi connectivity index (χ0) is 12.0. The molecule has 0 aromatic carbocycles. The van der Waals surface area contributed by atoms with Crippen LogP contribution in [0, 0.1) is 11.3 Å². The van der Waals surface area contributed by atoms with Crippen LogP contribution in [-0.4, -0.2) is 17.8 Å². The van der Waals surface area contributed by atoms with Gasteiger partial charge in [0.15, 0.2) is 0 Å². The summed E-state index contributed by atoms with van der Waals surface area (Å²) in [5.41, 5.74) is -4.15. The SMILES string of the molecule is N#Cc1ccc(CNCCSC(F)(F)F)s1. The molecular formula is C9H9F3N2S2. The molecule has 16 heavy (non-hydrogen) atoms. The number of hydrogen-bond donors (Lipinski definition) is 1. The van der Waals surface area contributed by atoms with E-state index in [0.717, 1.165) is 4.88 Å². The number of nitriles is 1. The number of nitrogens with one attached hydrogen (secondary N) is 1. The number of thiophene rings is 1. The summed E-state index contributed by atoms with van der Waals surface area (Å²) >= 11 is 1.31. The van der Waals surface area contributed by atoms with Crippen molar-refractivity contribution in [2.45, 2.75) is 12.1 Å². The van der Waals surface area contributed by atoms with E-state index in [1.807, 2.05) is 6.07 Å². The second-order valence-corrected chi connectivity index (χ2v) is 5.18. The van der Waals surface area contributed by atoms with Crippen LogP contribution < -0.4 is 5.32 Å². The van der Waals surface area contributed by atoms with E-state index in [1.165, 1.54) is 11.3 Å². The van der Waals surface area contributed by atoms with Crippen LogP contribution in [0.2, 0.25) is 0 Å². The van der Waals surface area contributed by atoms with Crippen molar-refractivity contribution in [1.82, 2.24) is 5.32 Å². The smallest absolute Gasteiger partial charge is 0.311 e. The molecule has 1 N–H and O–H groups in total. The van der Waals surface area contributed by atoms with Crippen LogP contribution >= 0.6 is 23.1 Å². The van der Waals surface area contributed by atoms with Gasteiger partial charge in [-0.05, 0) is 23.9 Å². The molecule has 0 atom stereocenters. The second kappa shape index (κ2) is 6.13. The normalized spacial score (nSPS) is 11.4. The Hall–Kier alpha value is -0.710. The lowest BCUT2D eigenvalue weighted by atomic mass is 10.4. The molecule has 0 aliphatic heterocycles. The highest BCUT2D eigenvalue weighted by Crippen LogP contribution is 2.29. The predicted molar refractivity (Wildman–Crippen MR) is 59.3 cm³/mol. The Kier molecular flexibility index (Phi) is 5.12. The van der Waals surface area contributed by atoms with Crippen LogP contribution in [0.25, 0.3) is 0 Å². The number of thioether (sulfide) groups is 1. The van der Waals surface area contributed by atoms with E-state index in [4.69, 9.17) is 5.26 Å². The summed E-state index contributed by atoms with van der Waals surface area (Å²) in [7, 11) is 0. The second-order valence-electron chi connectivity index (χ2n) is 2.85. The van der Waals surface area contributed by atoms with E-state index in [9.17, 15) is 13.2 Å².